The van der Waals surface area contributed by atoms with Crippen molar-refractivity contribution in [2.45, 2.75) is 6.42 Å². The van der Waals surface area contributed by atoms with Gasteiger partial charge in [0.25, 0.3) is 5.91 Å². The molecule has 0 heterocycles. The van der Waals surface area contributed by atoms with Gasteiger partial charge in [-0.3, -0.25) is 9.59 Å². The van der Waals surface area contributed by atoms with Crippen molar-refractivity contribution in [3.05, 3.63) is 64.1 Å². The summed E-state index contributed by atoms with van der Waals surface area (Å²) in [5.74, 6) is 0.0949. The van der Waals surface area contributed by atoms with Crippen LogP contribution in [0.1, 0.15) is 11.1 Å². The van der Waals surface area contributed by atoms with Crippen LogP contribution in [-0.4, -0.2) is 31.7 Å². The maximum absolute atomic E-state index is 11.8. The number of rotatable bonds is 7. The molecule has 0 spiro atoms. The first-order valence-electron chi connectivity index (χ1n) is 7.54. The zero-order valence-electron chi connectivity index (χ0n) is 13.7. The number of ether oxygens (including phenoxy) is 1. The number of halogens is 1. The van der Waals surface area contributed by atoms with E-state index in [4.69, 9.17) is 4.74 Å². The minimum atomic E-state index is -0.394. The first-order chi connectivity index (χ1) is 12.1. The molecule has 2 rings (SSSR count). The molecule has 130 valence electrons. The van der Waals surface area contributed by atoms with Crippen molar-refractivity contribution < 1.29 is 14.3 Å². The molecule has 6 nitrogen and oxygen atoms in total. The average Bonchev–Trinajstić information content (AvgIpc) is 2.61. The van der Waals surface area contributed by atoms with E-state index >= 15 is 0 Å². The van der Waals surface area contributed by atoms with Gasteiger partial charge in [-0.05, 0) is 35.4 Å². The first-order valence-corrected chi connectivity index (χ1v) is 8.33. The van der Waals surface area contributed by atoms with E-state index in [1.54, 1.807) is 31.4 Å². The number of nitrogens with zero attached hydrogens (tertiary/aromatic N) is 1. The number of benzene rings is 2. The summed E-state index contributed by atoms with van der Waals surface area (Å²) < 4.78 is 5.98. The fraction of sp³-hybridized carbons (Fsp3) is 0.167. The van der Waals surface area contributed by atoms with Crippen molar-refractivity contribution in [1.29, 1.82) is 0 Å². The van der Waals surface area contributed by atoms with Crippen molar-refractivity contribution in [3.8, 4) is 5.75 Å². The number of carbonyl (C=O) groups is 2. The van der Waals surface area contributed by atoms with Crippen LogP contribution in [0.4, 0.5) is 0 Å². The smallest absolute Gasteiger partial charge is 0.259 e. The highest BCUT2D eigenvalue weighted by Crippen LogP contribution is 2.11. The van der Waals surface area contributed by atoms with E-state index in [-0.39, 0.29) is 18.9 Å². The minimum Gasteiger partial charge on any atom is -0.497 e. The second-order valence-electron chi connectivity index (χ2n) is 5.15. The summed E-state index contributed by atoms with van der Waals surface area (Å²) in [6.07, 6.45) is 1.72. The number of hydrazone groups is 1. The lowest BCUT2D eigenvalue weighted by atomic mass is 10.1. The summed E-state index contributed by atoms with van der Waals surface area (Å²) in [5, 5.41) is 6.41. The Hall–Kier alpha value is -2.67. The Morgan fingerprint density at radius 3 is 2.60 bits per heavy atom. The van der Waals surface area contributed by atoms with Crippen LogP contribution in [0.2, 0.25) is 0 Å². The molecule has 0 fully saturated rings. The second-order valence-corrected chi connectivity index (χ2v) is 6.07. The monoisotopic (exact) mass is 403 g/mol. The molecule has 2 aromatic rings. The molecule has 0 aromatic heterocycles. The van der Waals surface area contributed by atoms with E-state index < -0.39 is 5.91 Å². The van der Waals surface area contributed by atoms with Gasteiger partial charge < -0.3 is 10.1 Å². The highest BCUT2D eigenvalue weighted by molar-refractivity contribution is 9.10. The molecule has 2 amide bonds. The van der Waals surface area contributed by atoms with Crippen molar-refractivity contribution >= 4 is 34.0 Å². The molecule has 0 atom stereocenters. The van der Waals surface area contributed by atoms with Crippen LogP contribution in [0.15, 0.2) is 58.1 Å². The van der Waals surface area contributed by atoms with Gasteiger partial charge in [-0.25, -0.2) is 5.43 Å². The summed E-state index contributed by atoms with van der Waals surface area (Å²) in [5.41, 5.74) is 4.05. The Labute approximate surface area is 154 Å². The molecule has 0 unspecified atom stereocenters. The maximum Gasteiger partial charge on any atom is 0.259 e. The van der Waals surface area contributed by atoms with Gasteiger partial charge in [0, 0.05) is 4.47 Å². The minimum absolute atomic E-state index is 0.134. The molecule has 0 radical (unpaired) electrons. The van der Waals surface area contributed by atoms with Crippen LogP contribution in [0.25, 0.3) is 0 Å². The van der Waals surface area contributed by atoms with Gasteiger partial charge in [-0.1, -0.05) is 40.2 Å². The van der Waals surface area contributed by atoms with Gasteiger partial charge in [-0.15, -0.1) is 0 Å². The lowest BCUT2D eigenvalue weighted by Crippen LogP contribution is -2.35. The Morgan fingerprint density at radius 1 is 1.16 bits per heavy atom. The Bertz CT molecular complexity index is 760. The topological polar surface area (TPSA) is 79.8 Å². The molecule has 25 heavy (non-hydrogen) atoms. The lowest BCUT2D eigenvalue weighted by molar-refractivity contribution is -0.125. The van der Waals surface area contributed by atoms with Crippen LogP contribution in [0.3, 0.4) is 0 Å². The Balaban J connectivity index is 1.72. The zero-order valence-corrected chi connectivity index (χ0v) is 15.2. The van der Waals surface area contributed by atoms with Gasteiger partial charge in [0.1, 0.15) is 5.75 Å². The quantitative estimate of drug-likeness (QED) is 0.549. The summed E-state index contributed by atoms with van der Waals surface area (Å²) in [6, 6.07) is 14.7. The van der Waals surface area contributed by atoms with Crippen molar-refractivity contribution in [3.63, 3.8) is 0 Å². The van der Waals surface area contributed by atoms with Gasteiger partial charge >= 0.3 is 0 Å². The predicted octanol–water partition coefficient (Wildman–Crippen LogP) is 2.27. The third-order valence-corrected chi connectivity index (χ3v) is 3.71. The second kappa shape index (κ2) is 9.58. The summed E-state index contributed by atoms with van der Waals surface area (Å²) in [4.78, 5) is 23.5. The van der Waals surface area contributed by atoms with E-state index in [1.165, 1.54) is 6.21 Å². The molecule has 2 N–H and O–H groups in total. The highest BCUT2D eigenvalue weighted by atomic mass is 79.9. The van der Waals surface area contributed by atoms with E-state index in [0.29, 0.717) is 0 Å². The van der Waals surface area contributed by atoms with E-state index in [9.17, 15) is 9.59 Å². The first kappa shape index (κ1) is 18.7. The van der Waals surface area contributed by atoms with Crippen LogP contribution in [-0.2, 0) is 16.0 Å². The molecule has 0 aliphatic rings. The third-order valence-electron chi connectivity index (χ3n) is 3.22. The molecule has 0 bridgehead atoms. The van der Waals surface area contributed by atoms with Crippen LogP contribution < -0.4 is 15.5 Å². The number of nitrogens with one attached hydrogen (secondary N) is 2. The Kier molecular flexibility index (Phi) is 7.16. The third kappa shape index (κ3) is 6.76. The molecule has 0 aliphatic heterocycles. The van der Waals surface area contributed by atoms with Gasteiger partial charge in [0.05, 0.1) is 26.3 Å². The number of carbonyl (C=O) groups excluding carboxylic acids is 2. The summed E-state index contributed by atoms with van der Waals surface area (Å²) >= 11 is 3.36. The van der Waals surface area contributed by atoms with Crippen LogP contribution in [0.5, 0.6) is 5.75 Å². The van der Waals surface area contributed by atoms with Crippen LogP contribution in [0, 0.1) is 0 Å². The Morgan fingerprint density at radius 2 is 1.92 bits per heavy atom. The van der Waals surface area contributed by atoms with Crippen molar-refractivity contribution in [1.82, 2.24) is 10.7 Å². The standard InChI is InChI=1S/C18H18BrN3O3/c1-25-16-7-5-13(6-8-16)10-17(23)20-12-18(24)22-21-11-14-3-2-4-15(19)9-14/h2-9,11H,10,12H2,1H3,(H,20,23)(H,22,24)/b21-11-. The summed E-state index contributed by atoms with van der Waals surface area (Å²) in [6.45, 7) is -0.134. The van der Waals surface area contributed by atoms with E-state index in [1.807, 2.05) is 24.3 Å². The molecule has 0 saturated carbocycles. The predicted molar refractivity (Wildman–Crippen MR) is 99.6 cm³/mol. The lowest BCUT2D eigenvalue weighted by Gasteiger charge is -2.05. The number of hydrogen-bond donors (Lipinski definition) is 2. The fourth-order valence-corrected chi connectivity index (χ4v) is 2.39. The van der Waals surface area contributed by atoms with E-state index in [0.717, 1.165) is 21.3 Å². The average molecular weight is 404 g/mol. The molecule has 2 aromatic carbocycles. The van der Waals surface area contributed by atoms with Gasteiger partial charge in [-0.2, -0.15) is 5.10 Å². The number of hydrogen-bond acceptors (Lipinski definition) is 4. The largest absolute Gasteiger partial charge is 0.497 e. The van der Waals surface area contributed by atoms with E-state index in [2.05, 4.69) is 31.8 Å². The maximum atomic E-state index is 11.8. The SMILES string of the molecule is COc1ccc(CC(=O)NCC(=O)N/N=C\c2cccc(Br)c2)cc1. The summed E-state index contributed by atoms with van der Waals surface area (Å²) in [7, 11) is 1.58. The molecular formula is C18H18BrN3O3. The van der Waals surface area contributed by atoms with Gasteiger partial charge in [0.2, 0.25) is 5.91 Å². The normalized spacial score (nSPS) is 10.5. The fourth-order valence-electron chi connectivity index (χ4n) is 1.98. The molecular weight excluding hydrogens is 386 g/mol. The molecule has 0 aliphatic carbocycles. The molecule has 0 saturated heterocycles. The van der Waals surface area contributed by atoms with Crippen molar-refractivity contribution in [2.75, 3.05) is 13.7 Å². The van der Waals surface area contributed by atoms with Gasteiger partial charge in [0.15, 0.2) is 0 Å². The molecule has 7 heteroatoms. The number of methoxy groups -OCH3 is 1. The van der Waals surface area contributed by atoms with Crippen LogP contribution >= 0.6 is 15.9 Å². The number of amides is 2. The zero-order chi connectivity index (χ0) is 18.1. The highest BCUT2D eigenvalue weighted by Gasteiger charge is 2.06. The van der Waals surface area contributed by atoms with Crippen molar-refractivity contribution in [2.24, 2.45) is 5.10 Å².